The predicted octanol–water partition coefficient (Wildman–Crippen LogP) is 9.79. The molecule has 0 N–H and O–H groups in total. The van der Waals surface area contributed by atoms with Gasteiger partial charge in [0.15, 0.2) is 0 Å². The quantitative estimate of drug-likeness (QED) is 0.181. The summed E-state index contributed by atoms with van der Waals surface area (Å²) in [4.78, 5) is 7.01. The first-order valence-electron chi connectivity index (χ1n) is 13.7. The van der Waals surface area contributed by atoms with Crippen molar-refractivity contribution in [2.45, 2.75) is 20.3 Å². The molecule has 0 aliphatic heterocycles. The molecule has 7 aromatic heterocycles. The smallest absolute Gasteiger partial charge is 0.136 e. The second-order valence-electron chi connectivity index (χ2n) is 11.2. The van der Waals surface area contributed by atoms with Crippen molar-refractivity contribution in [2.24, 2.45) is 13.0 Å². The minimum absolute atomic E-state index is 0.647. The van der Waals surface area contributed by atoms with Crippen molar-refractivity contribution < 1.29 is 0 Å². The third kappa shape index (κ3) is 4.21. The normalized spacial score (nSPS) is 12.2. The van der Waals surface area contributed by atoms with Crippen molar-refractivity contribution in [3.8, 4) is 31.6 Å². The van der Waals surface area contributed by atoms with E-state index < -0.39 is 0 Å². The molecule has 0 unspecified atom stereocenters. The lowest BCUT2D eigenvalue weighted by molar-refractivity contribution is 0.654. The van der Waals surface area contributed by atoms with Gasteiger partial charge in [-0.15, -0.1) is 55.5 Å². The molecule has 11 heteroatoms. The molecule has 210 valence electrons. The van der Waals surface area contributed by atoms with E-state index in [-0.39, 0.29) is 0 Å². The fraction of sp³-hybridized carbons (Fsp3) is 0.226. The SMILES string of the molecule is CC(C)Cc1cc2c(s1)c1sc(-c3nnc(-c4cc5sc(-c6ccc(N(C)C)cc6)cc5s4)c4nsnc34)cc1n2C. The summed E-state index contributed by atoms with van der Waals surface area (Å²) in [7, 11) is 6.29. The zero-order valence-electron chi connectivity index (χ0n) is 23.6. The Morgan fingerprint density at radius 2 is 1.33 bits per heavy atom. The molecule has 1 aromatic carbocycles. The van der Waals surface area contributed by atoms with E-state index in [0.717, 1.165) is 38.6 Å². The molecule has 7 heterocycles. The van der Waals surface area contributed by atoms with E-state index in [1.54, 1.807) is 22.7 Å². The third-order valence-electron chi connectivity index (χ3n) is 7.54. The molecule has 0 radical (unpaired) electrons. The maximum absolute atomic E-state index is 4.76. The van der Waals surface area contributed by atoms with Crippen LogP contribution in [0.25, 0.3) is 72.4 Å². The Morgan fingerprint density at radius 1 is 0.738 bits per heavy atom. The summed E-state index contributed by atoms with van der Waals surface area (Å²) in [5.41, 5.74) is 8.29. The van der Waals surface area contributed by atoms with Crippen LogP contribution in [0.3, 0.4) is 0 Å². The van der Waals surface area contributed by atoms with Crippen LogP contribution in [-0.2, 0) is 13.5 Å². The highest BCUT2D eigenvalue weighted by atomic mass is 32.1. The van der Waals surface area contributed by atoms with Crippen LogP contribution in [0.2, 0.25) is 0 Å². The summed E-state index contributed by atoms with van der Waals surface area (Å²) in [6.45, 7) is 4.56. The number of benzene rings is 1. The molecular weight excluding hydrogens is 617 g/mol. The minimum Gasteiger partial charge on any atom is -0.378 e. The topological polar surface area (TPSA) is 59.7 Å². The van der Waals surface area contributed by atoms with Crippen LogP contribution >= 0.6 is 57.1 Å². The van der Waals surface area contributed by atoms with E-state index in [1.165, 1.54) is 62.6 Å². The molecule has 0 bridgehead atoms. The Kier molecular flexibility index (Phi) is 6.24. The van der Waals surface area contributed by atoms with E-state index in [4.69, 9.17) is 18.9 Å². The van der Waals surface area contributed by atoms with Crippen LogP contribution in [0.4, 0.5) is 5.69 Å². The van der Waals surface area contributed by atoms with Gasteiger partial charge in [0.2, 0.25) is 0 Å². The van der Waals surface area contributed by atoms with Gasteiger partial charge in [0.1, 0.15) is 22.4 Å². The molecule has 8 rings (SSSR count). The molecule has 6 nitrogen and oxygen atoms in total. The standard InChI is InChI=1S/C31H26N6S5/c1-15(2)10-18-11-19-30(38-18)31-20(37(19)5)12-24(41-31)26-28-29(35-42-34-28)27(33-32-26)25-14-23-22(40-25)13-21(39-23)16-6-8-17(9-7-16)36(3)4/h6-9,11-15H,10H2,1-5H3. The molecular formula is C31H26N6S5. The first-order valence-corrected chi connectivity index (χ1v) is 17.6. The maximum Gasteiger partial charge on any atom is 0.136 e. The Labute approximate surface area is 262 Å². The van der Waals surface area contributed by atoms with Crippen LogP contribution in [0.1, 0.15) is 18.7 Å². The molecule has 0 aliphatic rings. The van der Waals surface area contributed by atoms with E-state index in [9.17, 15) is 0 Å². The minimum atomic E-state index is 0.647. The molecule has 0 amide bonds. The summed E-state index contributed by atoms with van der Waals surface area (Å²) < 4.78 is 16.9. The van der Waals surface area contributed by atoms with Crippen molar-refractivity contribution in [2.75, 3.05) is 19.0 Å². The highest BCUT2D eigenvalue weighted by Crippen LogP contribution is 2.46. The summed E-state index contributed by atoms with van der Waals surface area (Å²) in [6, 6.07) is 17.8. The van der Waals surface area contributed by atoms with Crippen LogP contribution in [0.5, 0.6) is 0 Å². The molecule has 0 saturated heterocycles. The van der Waals surface area contributed by atoms with E-state index in [0.29, 0.717) is 5.92 Å². The summed E-state index contributed by atoms with van der Waals surface area (Å²) in [5, 5.41) is 9.51. The third-order valence-corrected chi connectivity index (χ3v) is 12.9. The average molecular weight is 643 g/mol. The zero-order chi connectivity index (χ0) is 28.7. The summed E-state index contributed by atoms with van der Waals surface area (Å²) in [5.74, 6) is 0.647. The zero-order valence-corrected chi connectivity index (χ0v) is 27.7. The predicted molar refractivity (Wildman–Crippen MR) is 185 cm³/mol. The van der Waals surface area contributed by atoms with Crippen molar-refractivity contribution >= 4 is 104 Å². The van der Waals surface area contributed by atoms with E-state index in [1.807, 2.05) is 22.7 Å². The van der Waals surface area contributed by atoms with Gasteiger partial charge in [-0.3, -0.25) is 0 Å². The number of fused-ring (bicyclic) bond motifs is 5. The number of aromatic nitrogens is 5. The number of thiophene rings is 4. The number of aryl methyl sites for hydroxylation is 1. The molecule has 8 aromatic rings. The second kappa shape index (κ2) is 9.92. The molecule has 42 heavy (non-hydrogen) atoms. The number of hydrogen-bond acceptors (Lipinski definition) is 10. The van der Waals surface area contributed by atoms with Gasteiger partial charge >= 0.3 is 0 Å². The lowest BCUT2D eigenvalue weighted by atomic mass is 10.1. The van der Waals surface area contributed by atoms with Crippen LogP contribution in [0.15, 0.2) is 48.5 Å². The lowest BCUT2D eigenvalue weighted by Gasteiger charge is -2.12. The van der Waals surface area contributed by atoms with Gasteiger partial charge in [-0.05, 0) is 54.3 Å². The highest BCUT2D eigenvalue weighted by molar-refractivity contribution is 7.31. The lowest BCUT2D eigenvalue weighted by Crippen LogP contribution is -2.07. The van der Waals surface area contributed by atoms with E-state index >= 15 is 0 Å². The summed E-state index contributed by atoms with van der Waals surface area (Å²) in [6.07, 6.45) is 1.11. The van der Waals surface area contributed by atoms with Gasteiger partial charge in [0.05, 0.1) is 41.9 Å². The number of nitrogens with zero attached hydrogens (tertiary/aromatic N) is 6. The molecule has 0 aliphatic carbocycles. The fourth-order valence-electron chi connectivity index (χ4n) is 5.43. The first kappa shape index (κ1) is 26.4. The van der Waals surface area contributed by atoms with Crippen LogP contribution in [0, 0.1) is 5.92 Å². The fourth-order valence-corrected chi connectivity index (χ4v) is 11.1. The monoisotopic (exact) mass is 642 g/mol. The molecule has 0 saturated carbocycles. The van der Waals surface area contributed by atoms with Gasteiger partial charge in [-0.1, -0.05) is 26.0 Å². The van der Waals surface area contributed by atoms with Crippen molar-refractivity contribution in [3.63, 3.8) is 0 Å². The Morgan fingerprint density at radius 3 is 2.00 bits per heavy atom. The van der Waals surface area contributed by atoms with Crippen molar-refractivity contribution in [3.05, 3.63) is 53.4 Å². The van der Waals surface area contributed by atoms with Gasteiger partial charge in [-0.25, -0.2) is 0 Å². The Balaban J connectivity index is 1.16. The van der Waals surface area contributed by atoms with Crippen molar-refractivity contribution in [1.82, 2.24) is 23.5 Å². The van der Waals surface area contributed by atoms with Crippen molar-refractivity contribution in [1.29, 1.82) is 0 Å². The molecule has 0 spiro atoms. The number of anilines is 1. The molecule has 0 fully saturated rings. The largest absolute Gasteiger partial charge is 0.378 e. The summed E-state index contributed by atoms with van der Waals surface area (Å²) >= 11 is 8.50. The average Bonchev–Trinajstić information content (AvgIpc) is 3.79. The second-order valence-corrected chi connectivity index (χ2v) is 16.0. The Bertz CT molecular complexity index is 2220. The van der Waals surface area contributed by atoms with Gasteiger partial charge in [0.25, 0.3) is 0 Å². The maximum atomic E-state index is 4.76. The first-order chi connectivity index (χ1) is 20.3. The van der Waals surface area contributed by atoms with Crippen LogP contribution in [-0.4, -0.2) is 37.6 Å². The number of rotatable bonds is 6. The van der Waals surface area contributed by atoms with Gasteiger partial charge < -0.3 is 9.47 Å². The number of hydrogen-bond donors (Lipinski definition) is 0. The van der Waals surface area contributed by atoms with Gasteiger partial charge in [0, 0.05) is 46.0 Å². The van der Waals surface area contributed by atoms with Gasteiger partial charge in [-0.2, -0.15) is 8.75 Å². The van der Waals surface area contributed by atoms with Crippen LogP contribution < -0.4 is 4.90 Å². The highest BCUT2D eigenvalue weighted by Gasteiger charge is 2.22. The van der Waals surface area contributed by atoms with E-state index in [2.05, 4.69) is 93.0 Å². The Hall–Kier alpha value is -3.22. The molecule has 0 atom stereocenters.